The molecule has 4 unspecified atom stereocenters. The smallest absolute Gasteiger partial charge is 0.00827 e. The van der Waals surface area contributed by atoms with E-state index < -0.39 is 0 Å². The average Bonchev–Trinajstić information content (AvgIpc) is 3.03. The maximum atomic E-state index is 4.35. The van der Waals surface area contributed by atoms with Gasteiger partial charge in [-0.15, -0.1) is 0 Å². The Kier molecular flexibility index (Phi) is 5.89. The summed E-state index contributed by atoms with van der Waals surface area (Å²) in [6, 6.07) is 0. The van der Waals surface area contributed by atoms with Crippen molar-refractivity contribution in [3.63, 3.8) is 0 Å². The van der Waals surface area contributed by atoms with Crippen LogP contribution in [0.3, 0.4) is 0 Å². The Bertz CT molecular complexity index is 666. The largest absolute Gasteiger partial charge is 0.0996 e. The highest BCUT2D eigenvalue weighted by atomic mass is 14.6. The molecule has 0 aromatic heterocycles. The van der Waals surface area contributed by atoms with E-state index >= 15 is 0 Å². The lowest BCUT2D eigenvalue weighted by atomic mass is 9.49. The molecule has 0 aliphatic heterocycles. The van der Waals surface area contributed by atoms with E-state index in [9.17, 15) is 0 Å². The summed E-state index contributed by atoms with van der Waals surface area (Å²) >= 11 is 0. The summed E-state index contributed by atoms with van der Waals surface area (Å²) in [7, 11) is 0. The summed E-state index contributed by atoms with van der Waals surface area (Å²) in [5, 5.41) is 0. The second kappa shape index (κ2) is 7.87. The Morgan fingerprint density at radius 2 is 1.79 bits per heavy atom. The minimum absolute atomic E-state index is 0.547. The van der Waals surface area contributed by atoms with Gasteiger partial charge >= 0.3 is 0 Å². The molecule has 4 aliphatic rings. The van der Waals surface area contributed by atoms with Crippen LogP contribution in [-0.4, -0.2) is 0 Å². The van der Waals surface area contributed by atoms with E-state index in [1.807, 2.05) is 11.1 Å². The first-order chi connectivity index (χ1) is 13.7. The van der Waals surface area contributed by atoms with Gasteiger partial charge in [-0.2, -0.15) is 0 Å². The predicted molar refractivity (Wildman–Crippen MR) is 127 cm³/mol. The van der Waals surface area contributed by atoms with E-state index in [2.05, 4.69) is 48.1 Å². The van der Waals surface area contributed by atoms with Crippen molar-refractivity contribution in [2.75, 3.05) is 0 Å². The Labute approximate surface area is 182 Å². The van der Waals surface area contributed by atoms with Crippen molar-refractivity contribution in [2.24, 2.45) is 46.3 Å². The minimum Gasteiger partial charge on any atom is -0.0996 e. The van der Waals surface area contributed by atoms with Gasteiger partial charge < -0.3 is 0 Å². The molecular formula is C29H48. The third-order valence-corrected chi connectivity index (χ3v) is 10.8. The summed E-state index contributed by atoms with van der Waals surface area (Å²) in [6.45, 7) is 19.5. The summed E-state index contributed by atoms with van der Waals surface area (Å²) in [6.07, 6.45) is 15.8. The highest BCUT2D eigenvalue weighted by Crippen LogP contribution is 2.66. The molecule has 0 radical (unpaired) electrons. The van der Waals surface area contributed by atoms with E-state index in [0.29, 0.717) is 16.7 Å². The van der Waals surface area contributed by atoms with Crippen LogP contribution in [0.1, 0.15) is 112 Å². The monoisotopic (exact) mass is 396 g/mol. The molecule has 0 heteroatoms. The van der Waals surface area contributed by atoms with Crippen LogP contribution < -0.4 is 0 Å². The molecule has 0 saturated heterocycles. The van der Waals surface area contributed by atoms with Crippen LogP contribution in [0, 0.1) is 46.3 Å². The third-order valence-electron chi connectivity index (χ3n) is 10.8. The van der Waals surface area contributed by atoms with E-state index in [1.54, 1.807) is 0 Å². The zero-order valence-electron chi connectivity index (χ0n) is 20.4. The maximum Gasteiger partial charge on any atom is -0.00827 e. The standard InChI is InChI=1S/C29H48/c1-19(2)20(3)10-11-22(5)25-14-15-26-23-12-13-24-21(4)9-8-17-28(24,6)27(23)16-18-29(25,26)7/h19,21-22,24-26H,3,8-18H2,1-2,4-7H3/t21?,22?,24?,25-,26?,28+,29-/m1/s1. The van der Waals surface area contributed by atoms with Crippen molar-refractivity contribution in [1.29, 1.82) is 0 Å². The molecule has 29 heavy (non-hydrogen) atoms. The lowest BCUT2D eigenvalue weighted by molar-refractivity contribution is 0.0440. The fourth-order valence-corrected chi connectivity index (χ4v) is 8.87. The molecule has 164 valence electrons. The quantitative estimate of drug-likeness (QED) is 0.407. The molecule has 7 atom stereocenters. The van der Waals surface area contributed by atoms with Gasteiger partial charge in [0.25, 0.3) is 0 Å². The molecule has 4 rings (SSSR count). The second-order valence-corrected chi connectivity index (χ2v) is 12.5. The molecule has 0 aromatic carbocycles. The van der Waals surface area contributed by atoms with Gasteiger partial charge in [0.2, 0.25) is 0 Å². The van der Waals surface area contributed by atoms with E-state index in [-0.39, 0.29) is 0 Å². The van der Waals surface area contributed by atoms with E-state index in [1.165, 1.54) is 76.2 Å². The summed E-state index contributed by atoms with van der Waals surface area (Å²) < 4.78 is 0. The fraction of sp³-hybridized carbons (Fsp3) is 0.862. The summed E-state index contributed by atoms with van der Waals surface area (Å²) in [4.78, 5) is 0. The Morgan fingerprint density at radius 1 is 1.03 bits per heavy atom. The number of rotatable bonds is 5. The second-order valence-electron chi connectivity index (χ2n) is 12.5. The molecule has 0 nitrogen and oxygen atoms in total. The van der Waals surface area contributed by atoms with Crippen LogP contribution in [0.2, 0.25) is 0 Å². The first-order valence-corrected chi connectivity index (χ1v) is 13.1. The minimum atomic E-state index is 0.547. The SMILES string of the molecule is C=C(CCC(C)[C@H]1CCC2C3=C(CC[C@@]21C)[C@@]1(C)CCCC(C)C1CC3)C(C)C. The first-order valence-electron chi connectivity index (χ1n) is 13.1. The Balaban J connectivity index is 1.54. The molecule has 0 N–H and O–H groups in total. The molecular weight excluding hydrogens is 348 g/mol. The molecule has 0 heterocycles. The molecule has 0 aromatic rings. The highest BCUT2D eigenvalue weighted by Gasteiger charge is 2.55. The van der Waals surface area contributed by atoms with Crippen molar-refractivity contribution in [3.05, 3.63) is 23.3 Å². The molecule has 0 bridgehead atoms. The molecule has 2 fully saturated rings. The predicted octanol–water partition coefficient (Wildman–Crippen LogP) is 8.97. The maximum absolute atomic E-state index is 4.35. The van der Waals surface area contributed by atoms with Crippen LogP contribution in [0.15, 0.2) is 23.3 Å². The van der Waals surface area contributed by atoms with Crippen LogP contribution >= 0.6 is 0 Å². The zero-order valence-corrected chi connectivity index (χ0v) is 20.4. The van der Waals surface area contributed by atoms with Crippen LogP contribution in [0.5, 0.6) is 0 Å². The highest BCUT2D eigenvalue weighted by molar-refractivity contribution is 5.34. The van der Waals surface area contributed by atoms with Gasteiger partial charge in [-0.1, -0.05) is 77.7 Å². The van der Waals surface area contributed by atoms with Gasteiger partial charge in [0, 0.05) is 0 Å². The molecule has 4 aliphatic carbocycles. The Morgan fingerprint density at radius 3 is 2.52 bits per heavy atom. The van der Waals surface area contributed by atoms with Gasteiger partial charge in [-0.25, -0.2) is 0 Å². The van der Waals surface area contributed by atoms with Gasteiger partial charge in [0.15, 0.2) is 0 Å². The van der Waals surface area contributed by atoms with Crippen molar-refractivity contribution >= 4 is 0 Å². The van der Waals surface area contributed by atoms with Gasteiger partial charge in [0.1, 0.15) is 0 Å². The van der Waals surface area contributed by atoms with E-state index in [4.69, 9.17) is 0 Å². The van der Waals surface area contributed by atoms with Crippen molar-refractivity contribution in [2.45, 2.75) is 112 Å². The molecule has 0 amide bonds. The lowest BCUT2D eigenvalue weighted by Crippen LogP contribution is -2.45. The van der Waals surface area contributed by atoms with Gasteiger partial charge in [-0.05, 0) is 104 Å². The average molecular weight is 397 g/mol. The molecule has 2 saturated carbocycles. The van der Waals surface area contributed by atoms with Crippen molar-refractivity contribution < 1.29 is 0 Å². The number of fused-ring (bicyclic) bond motifs is 4. The Hall–Kier alpha value is -0.520. The third kappa shape index (κ3) is 3.49. The van der Waals surface area contributed by atoms with Crippen LogP contribution in [-0.2, 0) is 0 Å². The summed E-state index contributed by atoms with van der Waals surface area (Å²) in [5.74, 6) is 5.24. The normalized spacial score (nSPS) is 43.0. The topological polar surface area (TPSA) is 0 Å². The number of allylic oxidation sites excluding steroid dienone is 3. The molecule has 0 spiro atoms. The number of hydrogen-bond donors (Lipinski definition) is 0. The zero-order chi connectivity index (χ0) is 21.0. The van der Waals surface area contributed by atoms with Crippen molar-refractivity contribution in [1.82, 2.24) is 0 Å². The van der Waals surface area contributed by atoms with Crippen LogP contribution in [0.4, 0.5) is 0 Å². The van der Waals surface area contributed by atoms with Gasteiger partial charge in [0.05, 0.1) is 0 Å². The summed E-state index contributed by atoms with van der Waals surface area (Å²) in [5.41, 5.74) is 6.53. The van der Waals surface area contributed by atoms with Crippen LogP contribution in [0.25, 0.3) is 0 Å². The lowest BCUT2D eigenvalue weighted by Gasteiger charge is -2.56. The first kappa shape index (κ1) is 21.7. The van der Waals surface area contributed by atoms with E-state index in [0.717, 1.165) is 29.6 Å². The number of hydrogen-bond acceptors (Lipinski definition) is 0. The fourth-order valence-electron chi connectivity index (χ4n) is 8.87. The van der Waals surface area contributed by atoms with Gasteiger partial charge in [-0.3, -0.25) is 0 Å². The van der Waals surface area contributed by atoms with Crippen molar-refractivity contribution in [3.8, 4) is 0 Å².